The molecule has 9 nitrogen and oxygen atoms in total. The molecule has 140 valence electrons. The Kier molecular flexibility index (Phi) is 4.06. The first-order valence-corrected chi connectivity index (χ1v) is 8.74. The maximum atomic E-state index is 6.04. The average Bonchev–Trinajstić information content (AvgIpc) is 3.41. The van der Waals surface area contributed by atoms with Crippen molar-refractivity contribution in [2.75, 3.05) is 7.11 Å². The lowest BCUT2D eigenvalue weighted by Crippen LogP contribution is -2.22. The lowest BCUT2D eigenvalue weighted by atomic mass is 10.1. The summed E-state index contributed by atoms with van der Waals surface area (Å²) >= 11 is 0. The molecule has 1 atom stereocenters. The minimum absolute atomic E-state index is 0.106. The second-order valence-electron chi connectivity index (χ2n) is 6.30. The third-order valence-corrected chi connectivity index (χ3v) is 4.65. The van der Waals surface area contributed by atoms with Crippen LogP contribution in [0.25, 0.3) is 23.0 Å². The Bertz CT molecular complexity index is 1090. The molecule has 5 rings (SSSR count). The molecule has 3 aromatic heterocycles. The number of nitrogens with zero attached hydrogens (tertiary/aromatic N) is 6. The summed E-state index contributed by atoms with van der Waals surface area (Å²) in [6.45, 7) is 0.919. The van der Waals surface area contributed by atoms with Gasteiger partial charge in [0.2, 0.25) is 5.82 Å². The van der Waals surface area contributed by atoms with E-state index in [1.807, 2.05) is 28.9 Å². The van der Waals surface area contributed by atoms with Gasteiger partial charge in [-0.25, -0.2) is 4.68 Å². The zero-order chi connectivity index (χ0) is 18.9. The van der Waals surface area contributed by atoms with E-state index in [2.05, 4.69) is 25.4 Å². The highest BCUT2D eigenvalue weighted by Gasteiger charge is 2.27. The second kappa shape index (κ2) is 6.86. The van der Waals surface area contributed by atoms with E-state index < -0.39 is 0 Å². The van der Waals surface area contributed by atoms with Crippen molar-refractivity contribution in [1.82, 2.24) is 30.1 Å². The summed E-state index contributed by atoms with van der Waals surface area (Å²) in [7, 11) is 1.65. The molecule has 1 aliphatic rings. The molecule has 9 heteroatoms. The summed E-state index contributed by atoms with van der Waals surface area (Å²) in [6.07, 6.45) is 3.24. The molecule has 0 N–H and O–H groups in total. The van der Waals surface area contributed by atoms with E-state index in [9.17, 15) is 0 Å². The smallest absolute Gasteiger partial charge is 0.258 e. The highest BCUT2D eigenvalue weighted by Crippen LogP contribution is 2.31. The van der Waals surface area contributed by atoms with Crippen molar-refractivity contribution in [3.8, 4) is 28.7 Å². The van der Waals surface area contributed by atoms with Crippen molar-refractivity contribution in [2.45, 2.75) is 19.3 Å². The molecule has 1 aromatic carbocycles. The van der Waals surface area contributed by atoms with E-state index in [0.29, 0.717) is 30.6 Å². The quantitative estimate of drug-likeness (QED) is 0.536. The van der Waals surface area contributed by atoms with Crippen molar-refractivity contribution in [1.29, 1.82) is 0 Å². The van der Waals surface area contributed by atoms with E-state index in [1.165, 1.54) is 0 Å². The zero-order valence-corrected chi connectivity index (χ0v) is 15.0. The summed E-state index contributed by atoms with van der Waals surface area (Å²) in [5.41, 5.74) is 3.25. The molecule has 0 aliphatic carbocycles. The first kappa shape index (κ1) is 16.6. The summed E-state index contributed by atoms with van der Waals surface area (Å²) in [4.78, 5) is 8.42. The molecule has 1 aliphatic heterocycles. The maximum Gasteiger partial charge on any atom is 0.258 e. The van der Waals surface area contributed by atoms with Crippen LogP contribution in [0.1, 0.15) is 17.4 Å². The van der Waals surface area contributed by atoms with E-state index in [1.54, 1.807) is 31.6 Å². The van der Waals surface area contributed by atoms with Crippen LogP contribution in [0, 0.1) is 0 Å². The van der Waals surface area contributed by atoms with Crippen LogP contribution in [0.5, 0.6) is 5.75 Å². The van der Waals surface area contributed by atoms with Gasteiger partial charge in [-0.2, -0.15) is 4.98 Å². The Labute approximate surface area is 159 Å². The second-order valence-corrected chi connectivity index (χ2v) is 6.30. The first-order chi connectivity index (χ1) is 13.8. The van der Waals surface area contributed by atoms with E-state index in [-0.39, 0.29) is 6.10 Å². The Morgan fingerprint density at radius 2 is 1.93 bits per heavy atom. The van der Waals surface area contributed by atoms with Gasteiger partial charge in [0.1, 0.15) is 11.9 Å². The van der Waals surface area contributed by atoms with Gasteiger partial charge in [-0.15, -0.1) is 5.10 Å². The third kappa shape index (κ3) is 2.91. The molecule has 0 fully saturated rings. The lowest BCUT2D eigenvalue weighted by Gasteiger charge is -2.24. The number of ether oxygens (including phenoxy) is 2. The van der Waals surface area contributed by atoms with Gasteiger partial charge in [-0.05, 0) is 29.8 Å². The monoisotopic (exact) mass is 376 g/mol. The minimum atomic E-state index is -0.106. The normalized spacial score (nSPS) is 16.0. The Balaban J connectivity index is 1.39. The van der Waals surface area contributed by atoms with Gasteiger partial charge >= 0.3 is 0 Å². The van der Waals surface area contributed by atoms with Crippen LogP contribution in [-0.4, -0.2) is 37.2 Å². The molecule has 0 saturated heterocycles. The molecule has 0 spiro atoms. The fourth-order valence-corrected chi connectivity index (χ4v) is 3.14. The molecule has 0 saturated carbocycles. The van der Waals surface area contributed by atoms with Crippen molar-refractivity contribution in [2.24, 2.45) is 0 Å². The van der Waals surface area contributed by atoms with Crippen molar-refractivity contribution >= 4 is 0 Å². The van der Waals surface area contributed by atoms with Crippen LogP contribution in [0.15, 0.2) is 53.3 Å². The molecule has 0 bridgehead atoms. The average molecular weight is 376 g/mol. The summed E-state index contributed by atoms with van der Waals surface area (Å²) < 4.78 is 18.4. The molecular formula is C19H16N6O3. The summed E-state index contributed by atoms with van der Waals surface area (Å²) in [5, 5.41) is 12.5. The van der Waals surface area contributed by atoms with E-state index in [0.717, 1.165) is 22.6 Å². The lowest BCUT2D eigenvalue weighted by molar-refractivity contribution is -0.00114. The standard InChI is InChI=1S/C19H16N6O3/c1-26-14-4-2-12(3-5-14)16-10-25-15(11-27-16)17(22-24-25)18-21-19(28-23-18)13-6-8-20-9-7-13/h2-9,16H,10-11H2,1H3. The van der Waals surface area contributed by atoms with E-state index in [4.69, 9.17) is 14.0 Å². The van der Waals surface area contributed by atoms with Crippen LogP contribution < -0.4 is 4.74 Å². The van der Waals surface area contributed by atoms with Crippen molar-refractivity contribution < 1.29 is 14.0 Å². The number of rotatable bonds is 4. The molecular weight excluding hydrogens is 360 g/mol. The maximum absolute atomic E-state index is 6.04. The van der Waals surface area contributed by atoms with Crippen LogP contribution in [-0.2, 0) is 17.9 Å². The Morgan fingerprint density at radius 3 is 2.71 bits per heavy atom. The zero-order valence-electron chi connectivity index (χ0n) is 15.0. The van der Waals surface area contributed by atoms with Gasteiger partial charge in [0.05, 0.1) is 26.0 Å². The number of benzene rings is 1. The molecule has 0 radical (unpaired) electrons. The predicted molar refractivity (Wildman–Crippen MR) is 97.1 cm³/mol. The van der Waals surface area contributed by atoms with Gasteiger partial charge in [0.15, 0.2) is 5.69 Å². The highest BCUT2D eigenvalue weighted by molar-refractivity contribution is 5.57. The van der Waals surface area contributed by atoms with Crippen LogP contribution in [0.3, 0.4) is 0 Å². The summed E-state index contributed by atoms with van der Waals surface area (Å²) in [5.74, 6) is 1.61. The topological polar surface area (TPSA) is 101 Å². The SMILES string of the molecule is COc1ccc(C2Cn3nnc(-c4noc(-c5ccncc5)n4)c3CO2)cc1. The number of fused-ring (bicyclic) bond motifs is 1. The largest absolute Gasteiger partial charge is 0.497 e. The first-order valence-electron chi connectivity index (χ1n) is 8.74. The third-order valence-electron chi connectivity index (χ3n) is 4.65. The Morgan fingerprint density at radius 1 is 1.11 bits per heavy atom. The highest BCUT2D eigenvalue weighted by atomic mass is 16.5. The molecule has 4 aromatic rings. The van der Waals surface area contributed by atoms with Crippen LogP contribution >= 0.6 is 0 Å². The van der Waals surface area contributed by atoms with Gasteiger partial charge in [0.25, 0.3) is 5.89 Å². The number of methoxy groups -OCH3 is 1. The van der Waals surface area contributed by atoms with Crippen LogP contribution in [0.2, 0.25) is 0 Å². The molecule has 0 amide bonds. The number of hydrogen-bond acceptors (Lipinski definition) is 8. The van der Waals surface area contributed by atoms with E-state index >= 15 is 0 Å². The molecule has 4 heterocycles. The minimum Gasteiger partial charge on any atom is -0.497 e. The van der Waals surface area contributed by atoms with Gasteiger partial charge in [0, 0.05) is 18.0 Å². The Hall–Kier alpha value is -3.59. The fourth-order valence-electron chi connectivity index (χ4n) is 3.14. The number of pyridine rings is 1. The van der Waals surface area contributed by atoms with Crippen molar-refractivity contribution in [3.05, 3.63) is 60.0 Å². The van der Waals surface area contributed by atoms with Gasteiger partial charge < -0.3 is 14.0 Å². The number of hydrogen-bond donors (Lipinski definition) is 0. The molecule has 1 unspecified atom stereocenters. The summed E-state index contributed by atoms with van der Waals surface area (Å²) in [6, 6.07) is 11.4. The molecule has 28 heavy (non-hydrogen) atoms. The number of aromatic nitrogens is 6. The van der Waals surface area contributed by atoms with Crippen molar-refractivity contribution in [3.63, 3.8) is 0 Å². The van der Waals surface area contributed by atoms with Gasteiger partial charge in [-0.3, -0.25) is 4.98 Å². The fraction of sp³-hybridized carbons (Fsp3) is 0.211. The van der Waals surface area contributed by atoms with Gasteiger partial charge in [-0.1, -0.05) is 22.5 Å². The van der Waals surface area contributed by atoms with Crippen LogP contribution in [0.4, 0.5) is 0 Å². The predicted octanol–water partition coefficient (Wildman–Crippen LogP) is 2.67.